The molecule has 8 rings (SSSR count). The van der Waals surface area contributed by atoms with Crippen molar-refractivity contribution in [1.82, 2.24) is 19.9 Å². The molecule has 6 heterocycles. The molecule has 3 fully saturated rings. The van der Waals surface area contributed by atoms with E-state index in [0.717, 1.165) is 32.2 Å². The first kappa shape index (κ1) is 36.9. The van der Waals surface area contributed by atoms with E-state index < -0.39 is 31.4 Å². The molecule has 0 bridgehead atoms. The topological polar surface area (TPSA) is 83.8 Å². The van der Waals surface area contributed by atoms with Crippen LogP contribution in [0.1, 0.15) is 86.1 Å². The monoisotopic (exact) mass is 757 g/mol. The predicted octanol–water partition coefficient (Wildman–Crippen LogP) is 9.10. The van der Waals surface area contributed by atoms with Crippen LogP contribution >= 0.6 is 0 Å². The summed E-state index contributed by atoms with van der Waals surface area (Å²) >= 11 is 0. The third kappa shape index (κ3) is 5.79. The molecule has 12 heteroatoms. The van der Waals surface area contributed by atoms with E-state index in [1.54, 1.807) is 6.07 Å². The number of phenols is 1. The van der Waals surface area contributed by atoms with Gasteiger partial charge in [0.15, 0.2) is 5.82 Å². The number of hydrogen-bond donors (Lipinski definition) is 1. The van der Waals surface area contributed by atoms with Crippen LogP contribution in [-0.4, -0.2) is 83.1 Å². The van der Waals surface area contributed by atoms with E-state index in [1.165, 1.54) is 18.2 Å². The van der Waals surface area contributed by atoms with E-state index in [-0.39, 0.29) is 58.7 Å². The van der Waals surface area contributed by atoms with Crippen molar-refractivity contribution < 1.29 is 27.8 Å². The minimum atomic E-state index is -2.30. The Morgan fingerprint density at radius 1 is 1.02 bits per heavy atom. The van der Waals surface area contributed by atoms with Crippen LogP contribution in [0.15, 0.2) is 24.3 Å². The number of hydrogen-bond acceptors (Lipinski definition) is 8. The lowest BCUT2D eigenvalue weighted by atomic mass is 9.95. The van der Waals surface area contributed by atoms with Gasteiger partial charge in [-0.25, -0.2) is 18.2 Å². The van der Waals surface area contributed by atoms with Gasteiger partial charge in [-0.15, -0.1) is 5.54 Å². The number of ether oxygens (including phenoxy) is 2. The first-order valence-corrected chi connectivity index (χ1v) is 21.8. The molecule has 2 aromatic carbocycles. The molecule has 4 aliphatic heterocycles. The number of phenolic OH excluding ortho intramolecular Hbond substituents is 1. The summed E-state index contributed by atoms with van der Waals surface area (Å²) in [5.41, 5.74) is 4.25. The number of anilines is 1. The van der Waals surface area contributed by atoms with Crippen molar-refractivity contribution in [2.75, 3.05) is 31.1 Å². The van der Waals surface area contributed by atoms with Crippen LogP contribution in [0.5, 0.6) is 17.6 Å². The Morgan fingerprint density at radius 2 is 1.78 bits per heavy atom. The standard InChI is InChI=1S/C42H50F3N5O3Si/c1-23(2)54(24(3)4,25(5)6)17-13-30-32(44)12-11-27-18-29(51)19-31(34(27)30)37-36(45)38-35-39(50-16-8-10-33(50)26(7)53-40(35)46-37)48-41(47-38)52-22-42-14-9-15-49(42)21-28(43)20-42/h11-12,18-19,23-26,28,33,51H,8-10,14-16,20-22H2,1-7H3/t26-,28-,33+,42+/m1/s1. The number of rotatable bonds is 7. The Labute approximate surface area is 316 Å². The van der Waals surface area contributed by atoms with Crippen LogP contribution in [-0.2, 0) is 0 Å². The second kappa shape index (κ2) is 13.6. The molecule has 54 heavy (non-hydrogen) atoms. The van der Waals surface area contributed by atoms with E-state index in [2.05, 4.69) is 67.8 Å². The number of fused-ring (bicyclic) bond motifs is 4. The first-order valence-electron chi connectivity index (χ1n) is 19.6. The van der Waals surface area contributed by atoms with Gasteiger partial charge >= 0.3 is 6.01 Å². The lowest BCUT2D eigenvalue weighted by Gasteiger charge is -2.38. The van der Waals surface area contributed by atoms with Crippen molar-refractivity contribution in [3.8, 4) is 40.4 Å². The van der Waals surface area contributed by atoms with Crippen LogP contribution in [0.2, 0.25) is 16.6 Å². The molecule has 0 unspecified atom stereocenters. The number of halogens is 3. The molecular weight excluding hydrogens is 708 g/mol. The molecule has 8 nitrogen and oxygen atoms in total. The molecular formula is C42H50F3N5O3Si. The van der Waals surface area contributed by atoms with Crippen molar-refractivity contribution in [3.63, 3.8) is 0 Å². The Bertz CT molecular complexity index is 2180. The largest absolute Gasteiger partial charge is 0.508 e. The third-order valence-electron chi connectivity index (χ3n) is 12.9. The van der Waals surface area contributed by atoms with E-state index in [9.17, 15) is 9.50 Å². The smallest absolute Gasteiger partial charge is 0.319 e. The minimum absolute atomic E-state index is 0.000965. The van der Waals surface area contributed by atoms with Crippen LogP contribution in [0.3, 0.4) is 0 Å². The average molecular weight is 758 g/mol. The molecule has 1 N–H and O–H groups in total. The fourth-order valence-electron chi connectivity index (χ4n) is 10.4. The molecule has 2 aromatic heterocycles. The van der Waals surface area contributed by atoms with Gasteiger partial charge in [-0.3, -0.25) is 4.90 Å². The van der Waals surface area contributed by atoms with Gasteiger partial charge in [-0.2, -0.15) is 9.97 Å². The molecule has 4 aliphatic rings. The van der Waals surface area contributed by atoms with Crippen LogP contribution in [0, 0.1) is 23.1 Å². The third-order valence-corrected chi connectivity index (χ3v) is 19.2. The van der Waals surface area contributed by atoms with Crippen molar-refractivity contribution >= 4 is 35.6 Å². The fraction of sp³-hybridized carbons (Fsp3) is 0.548. The summed E-state index contributed by atoms with van der Waals surface area (Å²) < 4.78 is 61.1. The summed E-state index contributed by atoms with van der Waals surface area (Å²) in [4.78, 5) is 18.7. The maximum absolute atomic E-state index is 17.5. The van der Waals surface area contributed by atoms with Gasteiger partial charge in [0.1, 0.15) is 60.9 Å². The first-order chi connectivity index (χ1) is 25.7. The lowest BCUT2D eigenvalue weighted by Crippen LogP contribution is -2.43. The zero-order valence-electron chi connectivity index (χ0n) is 32.3. The summed E-state index contributed by atoms with van der Waals surface area (Å²) in [6.07, 6.45) is 2.67. The maximum atomic E-state index is 17.5. The highest BCUT2D eigenvalue weighted by molar-refractivity contribution is 6.90. The molecule has 4 aromatic rings. The average Bonchev–Trinajstić information content (AvgIpc) is 3.81. The van der Waals surface area contributed by atoms with Crippen LogP contribution in [0.4, 0.5) is 19.0 Å². The lowest BCUT2D eigenvalue weighted by molar-refractivity contribution is 0.107. The highest BCUT2D eigenvalue weighted by Crippen LogP contribution is 2.47. The Kier molecular flexibility index (Phi) is 9.28. The van der Waals surface area contributed by atoms with E-state index in [4.69, 9.17) is 19.4 Å². The molecule has 286 valence electrons. The van der Waals surface area contributed by atoms with Crippen molar-refractivity contribution in [3.05, 3.63) is 41.5 Å². The van der Waals surface area contributed by atoms with Crippen LogP contribution in [0.25, 0.3) is 32.9 Å². The van der Waals surface area contributed by atoms with Gasteiger partial charge in [0.25, 0.3) is 0 Å². The quantitative estimate of drug-likeness (QED) is 0.148. The zero-order chi connectivity index (χ0) is 38.3. The Morgan fingerprint density at radius 3 is 2.52 bits per heavy atom. The van der Waals surface area contributed by atoms with E-state index in [1.807, 2.05) is 6.92 Å². The summed E-state index contributed by atoms with van der Waals surface area (Å²) in [5, 5.41) is 12.2. The van der Waals surface area contributed by atoms with Gasteiger partial charge in [-0.05, 0) is 79.4 Å². The Balaban J connectivity index is 1.34. The molecule has 0 amide bonds. The molecule has 0 radical (unpaired) electrons. The number of aromatic hydroxyl groups is 1. The number of pyridine rings is 1. The number of nitrogens with zero attached hydrogens (tertiary/aromatic N) is 5. The van der Waals surface area contributed by atoms with Crippen LogP contribution < -0.4 is 14.4 Å². The minimum Gasteiger partial charge on any atom is -0.508 e. The number of alkyl halides is 1. The van der Waals surface area contributed by atoms with Gasteiger partial charge < -0.3 is 19.5 Å². The molecule has 0 spiro atoms. The zero-order valence-corrected chi connectivity index (χ0v) is 33.3. The summed E-state index contributed by atoms with van der Waals surface area (Å²) in [7, 11) is -2.30. The second-order valence-corrected chi connectivity index (χ2v) is 22.5. The number of benzene rings is 2. The summed E-state index contributed by atoms with van der Waals surface area (Å²) in [5.74, 6) is 2.50. The van der Waals surface area contributed by atoms with Gasteiger partial charge in [0.05, 0.1) is 17.1 Å². The normalized spacial score (nSPS) is 23.9. The van der Waals surface area contributed by atoms with Gasteiger partial charge in [0, 0.05) is 30.5 Å². The highest BCUT2D eigenvalue weighted by Gasteiger charge is 2.50. The van der Waals surface area contributed by atoms with Gasteiger partial charge in [-0.1, -0.05) is 53.5 Å². The SMILES string of the molecule is CC(C)[Si](C#Cc1c(F)ccc2cc(O)cc(-c3nc4c5c(nc(OC[C@@]67CCCN6C[C@H](F)C7)nc5c3F)N3CCC[C@H]3[C@@H](C)O4)c12)(C(C)C)C(C)C. The van der Waals surface area contributed by atoms with Crippen molar-refractivity contribution in [1.29, 1.82) is 0 Å². The highest BCUT2D eigenvalue weighted by atomic mass is 28.3. The second-order valence-electron chi connectivity index (χ2n) is 16.9. The van der Waals surface area contributed by atoms with E-state index in [0.29, 0.717) is 58.1 Å². The van der Waals surface area contributed by atoms with E-state index >= 15 is 8.78 Å². The van der Waals surface area contributed by atoms with Crippen molar-refractivity contribution in [2.24, 2.45) is 0 Å². The maximum Gasteiger partial charge on any atom is 0.319 e. The summed E-state index contributed by atoms with van der Waals surface area (Å²) in [6, 6.07) is 5.82. The van der Waals surface area contributed by atoms with Gasteiger partial charge in [0.2, 0.25) is 5.88 Å². The Hall–Kier alpha value is -4.08. The molecule has 0 saturated carbocycles. The molecule has 3 saturated heterocycles. The number of aromatic nitrogens is 3. The summed E-state index contributed by atoms with van der Waals surface area (Å²) in [6.45, 7) is 17.2. The van der Waals surface area contributed by atoms with Crippen molar-refractivity contribution in [2.45, 2.75) is 121 Å². The fourth-order valence-corrected chi connectivity index (χ4v) is 15.6. The molecule has 4 atom stereocenters. The predicted molar refractivity (Wildman–Crippen MR) is 209 cm³/mol. The molecule has 0 aliphatic carbocycles.